The molecule has 1 heterocycles. The average Bonchev–Trinajstić information content (AvgIpc) is 2.56. The van der Waals surface area contributed by atoms with E-state index in [-0.39, 0.29) is 10.7 Å². The van der Waals surface area contributed by atoms with Crippen LogP contribution in [0.1, 0.15) is 11.1 Å². The molecule has 76 valence electrons. The Bertz CT molecular complexity index is 354. The molecule has 0 saturated heterocycles. The summed E-state index contributed by atoms with van der Waals surface area (Å²) in [6, 6.07) is 8.66. The van der Waals surface area contributed by atoms with Gasteiger partial charge in [-0.05, 0) is 12.5 Å². The van der Waals surface area contributed by atoms with Crippen LogP contribution in [0.5, 0.6) is 0 Å². The summed E-state index contributed by atoms with van der Waals surface area (Å²) in [7, 11) is -0.0109. The van der Waals surface area contributed by atoms with E-state index in [1.165, 1.54) is 16.1 Å². The fraction of sp³-hybridized carbons (Fsp3) is 0.364. The first-order chi connectivity index (χ1) is 6.75. The minimum Gasteiger partial charge on any atom is -0.285 e. The van der Waals surface area contributed by atoms with Crippen molar-refractivity contribution in [3.63, 3.8) is 0 Å². The Hall–Kier alpha value is -0.640. The molecule has 0 radical (unpaired) electrons. The third-order valence-electron chi connectivity index (χ3n) is 2.45. The summed E-state index contributed by atoms with van der Waals surface area (Å²) in [5.41, 5.74) is 2.66. The van der Waals surface area contributed by atoms with Gasteiger partial charge in [0.1, 0.15) is 0 Å². The minimum absolute atomic E-state index is 0.0109. The number of aryl methyl sites for hydroxylation is 1. The van der Waals surface area contributed by atoms with Gasteiger partial charge in [-0.2, -0.15) is 0 Å². The first kappa shape index (κ1) is 9.90. The highest BCUT2D eigenvalue weighted by Gasteiger charge is 2.09. The van der Waals surface area contributed by atoms with Gasteiger partial charge >= 0.3 is 0 Å². The van der Waals surface area contributed by atoms with Gasteiger partial charge in [0.05, 0.1) is 0 Å². The predicted octanol–water partition coefficient (Wildman–Crippen LogP) is 1.41. The van der Waals surface area contributed by atoms with Crippen LogP contribution in [-0.4, -0.2) is 17.3 Å². The molecule has 0 fully saturated rings. The van der Waals surface area contributed by atoms with Crippen LogP contribution in [0.2, 0.25) is 0 Å². The Kier molecular flexibility index (Phi) is 3.01. The zero-order chi connectivity index (χ0) is 9.97. The summed E-state index contributed by atoms with van der Waals surface area (Å²) in [6.07, 6.45) is 0.986. The minimum atomic E-state index is -0.0109. The van der Waals surface area contributed by atoms with Gasteiger partial charge in [0.15, 0.2) is 0 Å². The Morgan fingerprint density at radius 1 is 1.36 bits per heavy atom. The largest absolute Gasteiger partial charge is 0.285 e. The molecular weight excluding hydrogens is 192 g/mol. The van der Waals surface area contributed by atoms with Crippen LogP contribution in [0.25, 0.3) is 0 Å². The third-order valence-corrected chi connectivity index (χ3v) is 4.01. The SMILES string of the molecule is Cc1ccc(CC2=S(N)CCN2)cc1. The Morgan fingerprint density at radius 2 is 2.07 bits per heavy atom. The van der Waals surface area contributed by atoms with Gasteiger partial charge in [0.2, 0.25) is 0 Å². The number of nitrogens with one attached hydrogen (secondary N) is 1. The molecule has 3 heteroatoms. The van der Waals surface area contributed by atoms with E-state index in [2.05, 4.69) is 36.5 Å². The molecule has 0 saturated carbocycles. The summed E-state index contributed by atoms with van der Waals surface area (Å²) >= 11 is 0. The molecule has 3 N–H and O–H groups in total. The van der Waals surface area contributed by atoms with Gasteiger partial charge in [-0.3, -0.25) is 10.5 Å². The number of rotatable bonds is 2. The molecular formula is C11H16N2S. The monoisotopic (exact) mass is 208 g/mol. The topological polar surface area (TPSA) is 38.0 Å². The van der Waals surface area contributed by atoms with Crippen molar-refractivity contribution in [3.05, 3.63) is 35.4 Å². The third kappa shape index (κ3) is 2.23. The van der Waals surface area contributed by atoms with Crippen molar-refractivity contribution in [3.8, 4) is 0 Å². The van der Waals surface area contributed by atoms with Crippen molar-refractivity contribution in [1.82, 2.24) is 5.32 Å². The lowest BCUT2D eigenvalue weighted by Crippen LogP contribution is -2.20. The standard InChI is InChI=1S/C11H16N2S/c1-9-2-4-10(5-3-9)8-11-13-6-7-14(11)12/h2-5,13H,6-8,12H2,1H3. The van der Waals surface area contributed by atoms with Crippen molar-refractivity contribution in [1.29, 1.82) is 0 Å². The second-order valence-electron chi connectivity index (χ2n) is 3.65. The molecule has 1 aromatic rings. The lowest BCUT2D eigenvalue weighted by atomic mass is 10.1. The van der Waals surface area contributed by atoms with Crippen LogP contribution < -0.4 is 10.5 Å². The van der Waals surface area contributed by atoms with E-state index < -0.39 is 0 Å². The maximum atomic E-state index is 5.98. The molecule has 1 aromatic carbocycles. The van der Waals surface area contributed by atoms with Crippen molar-refractivity contribution in [2.45, 2.75) is 13.3 Å². The van der Waals surface area contributed by atoms with Crippen LogP contribution in [0, 0.1) is 6.92 Å². The van der Waals surface area contributed by atoms with E-state index in [1.54, 1.807) is 0 Å². The van der Waals surface area contributed by atoms with E-state index >= 15 is 0 Å². The summed E-state index contributed by atoms with van der Waals surface area (Å²) in [5.74, 6) is 1.10. The summed E-state index contributed by atoms with van der Waals surface area (Å²) in [5, 5.41) is 9.36. The molecule has 1 aliphatic heterocycles. The fourth-order valence-electron chi connectivity index (χ4n) is 1.56. The van der Waals surface area contributed by atoms with E-state index in [0.29, 0.717) is 0 Å². The lowest BCUT2D eigenvalue weighted by Gasteiger charge is -2.05. The highest BCUT2D eigenvalue weighted by Crippen LogP contribution is 2.13. The van der Waals surface area contributed by atoms with E-state index in [9.17, 15) is 0 Å². The maximum Gasteiger partial charge on any atom is 0.0335 e. The number of hydrogen-bond acceptors (Lipinski definition) is 2. The van der Waals surface area contributed by atoms with Gasteiger partial charge in [-0.25, -0.2) is 0 Å². The predicted molar refractivity (Wildman–Crippen MR) is 64.5 cm³/mol. The number of nitrogens with two attached hydrogens (primary N) is 1. The highest BCUT2D eigenvalue weighted by atomic mass is 32.2. The fourth-order valence-corrected chi connectivity index (χ4v) is 2.77. The molecule has 1 aliphatic rings. The van der Waals surface area contributed by atoms with Crippen molar-refractivity contribution >= 4 is 15.7 Å². The highest BCUT2D eigenvalue weighted by molar-refractivity contribution is 8.14. The zero-order valence-electron chi connectivity index (χ0n) is 8.42. The molecule has 0 spiro atoms. The molecule has 1 atom stereocenters. The van der Waals surface area contributed by atoms with Crippen molar-refractivity contribution in [2.24, 2.45) is 5.14 Å². The van der Waals surface area contributed by atoms with E-state index in [1.807, 2.05) is 0 Å². The smallest absolute Gasteiger partial charge is 0.0335 e. The lowest BCUT2D eigenvalue weighted by molar-refractivity contribution is 0.990. The first-order valence-electron chi connectivity index (χ1n) is 4.86. The molecule has 2 rings (SSSR count). The van der Waals surface area contributed by atoms with E-state index in [4.69, 9.17) is 5.14 Å². The van der Waals surface area contributed by atoms with Crippen LogP contribution in [-0.2, 0) is 6.42 Å². The van der Waals surface area contributed by atoms with Gasteiger partial charge in [-0.1, -0.05) is 29.8 Å². The Labute approximate surface area is 87.6 Å². The summed E-state index contributed by atoms with van der Waals surface area (Å²) in [6.45, 7) is 3.15. The first-order valence-corrected chi connectivity index (χ1v) is 6.32. The summed E-state index contributed by atoms with van der Waals surface area (Å²) < 4.78 is 0. The van der Waals surface area contributed by atoms with Gasteiger partial charge in [0, 0.05) is 23.7 Å². The Balaban J connectivity index is 2.11. The Morgan fingerprint density at radius 3 is 2.64 bits per heavy atom. The van der Waals surface area contributed by atoms with E-state index in [0.717, 1.165) is 18.7 Å². The molecule has 0 bridgehead atoms. The molecule has 0 aromatic heterocycles. The summed E-state index contributed by atoms with van der Waals surface area (Å²) in [4.78, 5) is 1.31. The van der Waals surface area contributed by atoms with Gasteiger partial charge in [0.25, 0.3) is 0 Å². The molecule has 14 heavy (non-hydrogen) atoms. The maximum absolute atomic E-state index is 5.98. The molecule has 1 unspecified atom stereocenters. The van der Waals surface area contributed by atoms with Gasteiger partial charge in [-0.15, -0.1) is 10.7 Å². The molecule has 2 nitrogen and oxygen atoms in total. The number of hydrogen-bond donors (Lipinski definition) is 2. The molecule has 0 amide bonds. The quantitative estimate of drug-likeness (QED) is 0.721. The second-order valence-corrected chi connectivity index (χ2v) is 5.40. The average molecular weight is 208 g/mol. The zero-order valence-corrected chi connectivity index (χ0v) is 9.23. The molecule has 0 aliphatic carbocycles. The second kappa shape index (κ2) is 4.26. The number of benzene rings is 1. The normalized spacial score (nSPS) is 21.6. The van der Waals surface area contributed by atoms with Crippen LogP contribution >= 0.6 is 10.7 Å². The van der Waals surface area contributed by atoms with Crippen LogP contribution in [0.3, 0.4) is 0 Å². The van der Waals surface area contributed by atoms with Crippen LogP contribution in [0.15, 0.2) is 24.3 Å². The van der Waals surface area contributed by atoms with Crippen molar-refractivity contribution in [2.75, 3.05) is 12.3 Å². The van der Waals surface area contributed by atoms with Gasteiger partial charge < -0.3 is 0 Å². The van der Waals surface area contributed by atoms with Crippen molar-refractivity contribution < 1.29 is 0 Å². The van der Waals surface area contributed by atoms with Crippen LogP contribution in [0.4, 0.5) is 0 Å².